The van der Waals surface area contributed by atoms with Gasteiger partial charge in [0.2, 0.25) is 0 Å². The van der Waals surface area contributed by atoms with Crippen LogP contribution in [0.5, 0.6) is 0 Å². The molecular weight excluding hydrogens is 385 g/mol. The topological polar surface area (TPSA) is 89.6 Å². The van der Waals surface area contributed by atoms with Crippen LogP contribution in [0.1, 0.15) is 23.0 Å². The van der Waals surface area contributed by atoms with Crippen LogP contribution in [0.3, 0.4) is 0 Å². The standard InChI is InChI=1S/C17H14ClF3N4O2/c1-16(17(20,21)8-27-15(22)25-16)10-7-9(4-5-12(10)19)24-14(26)13-11(18)3-2-6-23-13/h2-7H,8H2,1H3,(H2,22,25)(H,24,26)/t16-/m1/s1. The summed E-state index contributed by atoms with van der Waals surface area (Å²) < 4.78 is 47.8. The van der Waals surface area contributed by atoms with Gasteiger partial charge in [-0.25, -0.2) is 14.4 Å². The molecule has 6 nitrogen and oxygen atoms in total. The number of anilines is 1. The molecular formula is C17H14ClF3N4O2. The van der Waals surface area contributed by atoms with Gasteiger partial charge in [0, 0.05) is 17.4 Å². The molecule has 1 atom stereocenters. The van der Waals surface area contributed by atoms with Gasteiger partial charge < -0.3 is 15.8 Å². The third-order valence-electron chi connectivity index (χ3n) is 4.17. The Balaban J connectivity index is 1.99. The number of nitrogens with zero attached hydrogens (tertiary/aromatic N) is 2. The third-order valence-corrected chi connectivity index (χ3v) is 4.47. The van der Waals surface area contributed by atoms with Crippen molar-refractivity contribution in [2.24, 2.45) is 10.7 Å². The quantitative estimate of drug-likeness (QED) is 0.830. The van der Waals surface area contributed by atoms with Crippen LogP contribution in [0, 0.1) is 5.82 Å². The average Bonchev–Trinajstić information content (AvgIpc) is 2.60. The minimum Gasteiger partial charge on any atom is -0.459 e. The van der Waals surface area contributed by atoms with Gasteiger partial charge in [-0.05, 0) is 37.3 Å². The van der Waals surface area contributed by atoms with Crippen LogP contribution in [0.4, 0.5) is 18.9 Å². The van der Waals surface area contributed by atoms with Crippen LogP contribution in [0.25, 0.3) is 0 Å². The molecule has 0 fully saturated rings. The summed E-state index contributed by atoms with van der Waals surface area (Å²) in [5.74, 6) is -5.13. The van der Waals surface area contributed by atoms with E-state index < -0.39 is 41.4 Å². The lowest BCUT2D eigenvalue weighted by Gasteiger charge is -2.37. The Morgan fingerprint density at radius 1 is 1.37 bits per heavy atom. The number of hydrogen-bond acceptors (Lipinski definition) is 5. The average molecular weight is 399 g/mol. The van der Waals surface area contributed by atoms with Crippen molar-refractivity contribution in [1.29, 1.82) is 0 Å². The first-order chi connectivity index (χ1) is 12.6. The molecule has 1 aliphatic rings. The number of carbonyl (C=O) groups is 1. The summed E-state index contributed by atoms with van der Waals surface area (Å²) >= 11 is 5.91. The smallest absolute Gasteiger partial charge is 0.310 e. The molecule has 0 radical (unpaired) electrons. The van der Waals surface area contributed by atoms with Crippen molar-refractivity contribution in [1.82, 2.24) is 4.98 Å². The highest BCUT2D eigenvalue weighted by Gasteiger charge is 2.56. The Bertz CT molecular complexity index is 938. The number of ether oxygens (including phenoxy) is 1. The number of benzene rings is 1. The summed E-state index contributed by atoms with van der Waals surface area (Å²) in [6, 6.07) is 5.79. The Hall–Kier alpha value is -2.81. The van der Waals surface area contributed by atoms with Crippen molar-refractivity contribution >= 4 is 29.2 Å². The fourth-order valence-corrected chi connectivity index (χ4v) is 2.82. The maximum absolute atomic E-state index is 14.4. The Morgan fingerprint density at radius 2 is 2.11 bits per heavy atom. The van der Waals surface area contributed by atoms with Crippen molar-refractivity contribution in [2.45, 2.75) is 18.4 Å². The molecule has 1 aromatic carbocycles. The van der Waals surface area contributed by atoms with Gasteiger partial charge in [0.25, 0.3) is 11.9 Å². The maximum Gasteiger partial charge on any atom is 0.310 e. The minimum atomic E-state index is -3.52. The van der Waals surface area contributed by atoms with E-state index in [1.807, 2.05) is 0 Å². The Kier molecular flexibility index (Phi) is 4.73. The van der Waals surface area contributed by atoms with Gasteiger partial charge in [-0.2, -0.15) is 8.78 Å². The highest BCUT2D eigenvalue weighted by atomic mass is 35.5. The highest BCUT2D eigenvalue weighted by Crippen LogP contribution is 2.44. The molecule has 0 aliphatic carbocycles. The SMILES string of the molecule is C[C@]1(c2cc(NC(=O)c3ncccc3Cl)ccc2F)N=C(N)OCC1(F)F. The van der Waals surface area contributed by atoms with E-state index >= 15 is 0 Å². The first kappa shape index (κ1) is 19.0. The van der Waals surface area contributed by atoms with E-state index in [-0.39, 0.29) is 16.4 Å². The number of rotatable bonds is 3. The molecule has 1 aliphatic heterocycles. The molecule has 2 aromatic rings. The lowest BCUT2D eigenvalue weighted by molar-refractivity contribution is -0.117. The van der Waals surface area contributed by atoms with Crippen LogP contribution in [0.2, 0.25) is 5.02 Å². The van der Waals surface area contributed by atoms with E-state index in [0.717, 1.165) is 19.1 Å². The molecule has 0 saturated heterocycles. The predicted molar refractivity (Wildman–Crippen MR) is 93.5 cm³/mol. The molecule has 1 amide bonds. The number of carbonyl (C=O) groups excluding carboxylic acids is 1. The largest absolute Gasteiger partial charge is 0.459 e. The van der Waals surface area contributed by atoms with Crippen LogP contribution >= 0.6 is 11.6 Å². The zero-order chi connectivity index (χ0) is 19.8. The zero-order valence-electron chi connectivity index (χ0n) is 14.0. The normalized spacial score (nSPS) is 21.1. The lowest BCUT2D eigenvalue weighted by Crippen LogP contribution is -2.51. The molecule has 0 saturated carbocycles. The lowest BCUT2D eigenvalue weighted by atomic mass is 9.85. The highest BCUT2D eigenvalue weighted by molar-refractivity contribution is 6.34. The van der Waals surface area contributed by atoms with Crippen molar-refractivity contribution in [3.8, 4) is 0 Å². The summed E-state index contributed by atoms with van der Waals surface area (Å²) in [6.07, 6.45) is 1.37. The molecule has 1 aromatic heterocycles. The number of aliphatic imine (C=N–C) groups is 1. The molecule has 0 unspecified atom stereocenters. The van der Waals surface area contributed by atoms with Crippen molar-refractivity contribution in [3.05, 3.63) is 58.6 Å². The first-order valence-corrected chi connectivity index (χ1v) is 8.10. The second-order valence-electron chi connectivity index (χ2n) is 6.00. The summed E-state index contributed by atoms with van der Waals surface area (Å²) in [5.41, 5.74) is 2.67. The van der Waals surface area contributed by atoms with Crippen molar-refractivity contribution in [3.63, 3.8) is 0 Å². The maximum atomic E-state index is 14.4. The van der Waals surface area contributed by atoms with E-state index in [1.54, 1.807) is 6.07 Å². The molecule has 0 bridgehead atoms. The molecule has 0 spiro atoms. The summed E-state index contributed by atoms with van der Waals surface area (Å²) in [7, 11) is 0. The van der Waals surface area contributed by atoms with Crippen LogP contribution in [0.15, 0.2) is 41.5 Å². The number of pyridine rings is 1. The van der Waals surface area contributed by atoms with E-state index in [0.29, 0.717) is 0 Å². The number of nitrogens with one attached hydrogen (secondary N) is 1. The number of halogens is 4. The Labute approximate surface area is 157 Å². The molecule has 3 N–H and O–H groups in total. The summed E-state index contributed by atoms with van der Waals surface area (Å²) in [5, 5.41) is 2.56. The second kappa shape index (κ2) is 6.73. The number of amides is 1. The fraction of sp³-hybridized carbons (Fsp3) is 0.235. The monoisotopic (exact) mass is 398 g/mol. The Morgan fingerprint density at radius 3 is 2.81 bits per heavy atom. The van der Waals surface area contributed by atoms with Gasteiger partial charge in [-0.3, -0.25) is 4.79 Å². The number of hydrogen-bond donors (Lipinski definition) is 2. The predicted octanol–water partition coefficient (Wildman–Crippen LogP) is 3.32. The minimum absolute atomic E-state index is 0.0603. The number of aromatic nitrogens is 1. The van der Waals surface area contributed by atoms with Gasteiger partial charge in [0.15, 0.2) is 12.1 Å². The van der Waals surface area contributed by atoms with Gasteiger partial charge in [-0.15, -0.1) is 0 Å². The molecule has 142 valence electrons. The molecule has 2 heterocycles. The molecule has 27 heavy (non-hydrogen) atoms. The number of nitrogens with two attached hydrogens (primary N) is 1. The summed E-state index contributed by atoms with van der Waals surface area (Å²) in [4.78, 5) is 19.8. The second-order valence-corrected chi connectivity index (χ2v) is 6.41. The third kappa shape index (κ3) is 3.42. The number of amidine groups is 1. The van der Waals surface area contributed by atoms with Crippen LogP contribution < -0.4 is 11.1 Å². The van der Waals surface area contributed by atoms with Gasteiger partial charge >= 0.3 is 5.92 Å². The van der Waals surface area contributed by atoms with Gasteiger partial charge in [0.05, 0.1) is 5.02 Å². The van der Waals surface area contributed by atoms with Gasteiger partial charge in [-0.1, -0.05) is 11.6 Å². The van der Waals surface area contributed by atoms with Crippen LogP contribution in [-0.4, -0.2) is 29.4 Å². The van der Waals surface area contributed by atoms with E-state index in [2.05, 4.69) is 20.0 Å². The van der Waals surface area contributed by atoms with E-state index in [1.165, 1.54) is 18.3 Å². The zero-order valence-corrected chi connectivity index (χ0v) is 14.7. The van der Waals surface area contributed by atoms with Crippen LogP contribution in [-0.2, 0) is 10.3 Å². The van der Waals surface area contributed by atoms with E-state index in [4.69, 9.17) is 17.3 Å². The summed E-state index contributed by atoms with van der Waals surface area (Å²) in [6.45, 7) is 0.000414. The van der Waals surface area contributed by atoms with Crippen molar-refractivity contribution < 1.29 is 22.7 Å². The fourth-order valence-electron chi connectivity index (χ4n) is 2.62. The molecule has 3 rings (SSSR count). The van der Waals surface area contributed by atoms with Crippen molar-refractivity contribution in [2.75, 3.05) is 11.9 Å². The van der Waals surface area contributed by atoms with Gasteiger partial charge in [0.1, 0.15) is 11.5 Å². The number of alkyl halides is 2. The molecule has 10 heteroatoms. The van der Waals surface area contributed by atoms with E-state index in [9.17, 15) is 18.0 Å². The first-order valence-electron chi connectivity index (χ1n) is 7.72.